The highest BCUT2D eigenvalue weighted by Crippen LogP contribution is 2.32. The van der Waals surface area contributed by atoms with Crippen molar-refractivity contribution >= 4 is 43.2 Å². The topological polar surface area (TPSA) is 37.8 Å². The lowest BCUT2D eigenvalue weighted by molar-refractivity contribution is 0.676. The molecule has 0 aliphatic carbocycles. The van der Waals surface area contributed by atoms with Crippen LogP contribution in [0.2, 0.25) is 0 Å². The van der Waals surface area contributed by atoms with Crippen molar-refractivity contribution in [3.8, 4) is 0 Å². The van der Waals surface area contributed by atoms with Crippen LogP contribution in [-0.4, -0.2) is 10.2 Å². The van der Waals surface area contributed by atoms with E-state index in [0.29, 0.717) is 0 Å². The maximum atomic E-state index is 4.01. The average molecular weight is 363 g/mol. The SMILES string of the molecule is Brc1cc(CNCc2cccnn2)sc1Br. The van der Waals surface area contributed by atoms with E-state index in [1.165, 1.54) is 4.88 Å². The predicted molar refractivity (Wildman–Crippen MR) is 72.3 cm³/mol. The zero-order valence-corrected chi connectivity index (χ0v) is 12.3. The molecule has 0 amide bonds. The minimum absolute atomic E-state index is 0.737. The van der Waals surface area contributed by atoms with E-state index in [0.717, 1.165) is 27.0 Å². The second-order valence-electron chi connectivity index (χ2n) is 3.15. The van der Waals surface area contributed by atoms with Crippen LogP contribution in [0.4, 0.5) is 0 Å². The lowest BCUT2D eigenvalue weighted by Gasteiger charge is -2.00. The first-order chi connectivity index (χ1) is 7.75. The Bertz CT molecular complexity index is 439. The van der Waals surface area contributed by atoms with E-state index in [4.69, 9.17) is 0 Å². The molecule has 0 aliphatic heterocycles. The summed E-state index contributed by atoms with van der Waals surface area (Å²) in [6, 6.07) is 5.96. The van der Waals surface area contributed by atoms with Crippen LogP contribution < -0.4 is 5.32 Å². The van der Waals surface area contributed by atoms with Gasteiger partial charge >= 0.3 is 0 Å². The zero-order chi connectivity index (χ0) is 11.4. The summed E-state index contributed by atoms with van der Waals surface area (Å²) in [6.07, 6.45) is 1.68. The molecule has 0 bridgehead atoms. The van der Waals surface area contributed by atoms with Crippen LogP contribution in [0.25, 0.3) is 0 Å². The standard InChI is InChI=1S/C10H9Br2N3S/c11-9-4-8(16-10(9)12)6-13-5-7-2-1-3-14-15-7/h1-4,13H,5-6H2. The summed E-state index contributed by atoms with van der Waals surface area (Å²) in [5.41, 5.74) is 0.956. The van der Waals surface area contributed by atoms with Crippen LogP contribution in [-0.2, 0) is 13.1 Å². The average Bonchev–Trinajstić information content (AvgIpc) is 2.60. The molecular weight excluding hydrogens is 354 g/mol. The van der Waals surface area contributed by atoms with Gasteiger partial charge in [-0.3, -0.25) is 0 Å². The molecule has 0 aromatic carbocycles. The summed E-state index contributed by atoms with van der Waals surface area (Å²) in [5.74, 6) is 0. The Labute approximate surface area is 115 Å². The Morgan fingerprint density at radius 1 is 1.31 bits per heavy atom. The molecule has 84 valence electrons. The lowest BCUT2D eigenvalue weighted by atomic mass is 10.4. The normalized spacial score (nSPS) is 10.6. The second kappa shape index (κ2) is 5.86. The third-order valence-electron chi connectivity index (χ3n) is 1.93. The van der Waals surface area contributed by atoms with E-state index in [2.05, 4.69) is 53.4 Å². The molecule has 0 spiro atoms. The highest BCUT2D eigenvalue weighted by molar-refractivity contribution is 9.13. The molecule has 0 saturated heterocycles. The molecule has 16 heavy (non-hydrogen) atoms. The molecule has 2 rings (SSSR count). The number of nitrogens with zero attached hydrogens (tertiary/aromatic N) is 2. The molecule has 0 fully saturated rings. The van der Waals surface area contributed by atoms with Crippen molar-refractivity contribution in [2.75, 3.05) is 0 Å². The number of rotatable bonds is 4. The van der Waals surface area contributed by atoms with Gasteiger partial charge < -0.3 is 5.32 Å². The van der Waals surface area contributed by atoms with Crippen molar-refractivity contribution in [3.05, 3.63) is 43.2 Å². The molecule has 1 N–H and O–H groups in total. The molecule has 2 heterocycles. The largest absolute Gasteiger partial charge is 0.306 e. The molecule has 2 aromatic rings. The minimum atomic E-state index is 0.737. The van der Waals surface area contributed by atoms with E-state index in [-0.39, 0.29) is 0 Å². The van der Waals surface area contributed by atoms with Gasteiger partial charge in [0.1, 0.15) is 0 Å². The van der Waals surface area contributed by atoms with Gasteiger partial charge in [0.2, 0.25) is 0 Å². The Morgan fingerprint density at radius 2 is 2.19 bits per heavy atom. The van der Waals surface area contributed by atoms with Crippen LogP contribution in [0.1, 0.15) is 10.6 Å². The molecule has 2 aromatic heterocycles. The quantitative estimate of drug-likeness (QED) is 0.906. The van der Waals surface area contributed by atoms with Crippen LogP contribution in [0.3, 0.4) is 0 Å². The molecule has 0 unspecified atom stereocenters. The Kier molecular flexibility index (Phi) is 4.45. The Morgan fingerprint density at radius 3 is 2.81 bits per heavy atom. The van der Waals surface area contributed by atoms with Gasteiger partial charge in [-0.25, -0.2) is 0 Å². The summed E-state index contributed by atoms with van der Waals surface area (Å²) < 4.78 is 2.23. The van der Waals surface area contributed by atoms with E-state index in [1.54, 1.807) is 17.5 Å². The fraction of sp³-hybridized carbons (Fsp3) is 0.200. The fourth-order valence-corrected chi connectivity index (χ4v) is 3.37. The fourth-order valence-electron chi connectivity index (χ4n) is 1.22. The summed E-state index contributed by atoms with van der Waals surface area (Å²) in [6.45, 7) is 1.58. The number of thiophene rings is 1. The number of hydrogen-bond donors (Lipinski definition) is 1. The van der Waals surface area contributed by atoms with Crippen LogP contribution in [0.5, 0.6) is 0 Å². The maximum Gasteiger partial charge on any atom is 0.0843 e. The van der Waals surface area contributed by atoms with Crippen LogP contribution >= 0.6 is 43.2 Å². The van der Waals surface area contributed by atoms with Gasteiger partial charge in [-0.05, 0) is 50.1 Å². The van der Waals surface area contributed by atoms with E-state index < -0.39 is 0 Å². The third kappa shape index (κ3) is 3.35. The summed E-state index contributed by atoms with van der Waals surface area (Å²) in [7, 11) is 0. The van der Waals surface area contributed by atoms with E-state index in [9.17, 15) is 0 Å². The first-order valence-corrected chi connectivity index (χ1v) is 7.07. The number of halogens is 2. The molecule has 0 radical (unpaired) electrons. The van der Waals surface area contributed by atoms with Gasteiger partial charge in [-0.1, -0.05) is 0 Å². The van der Waals surface area contributed by atoms with Crippen molar-refractivity contribution in [2.24, 2.45) is 0 Å². The van der Waals surface area contributed by atoms with E-state index >= 15 is 0 Å². The second-order valence-corrected chi connectivity index (χ2v) is 6.46. The maximum absolute atomic E-state index is 4.01. The lowest BCUT2D eigenvalue weighted by Crippen LogP contribution is -2.13. The van der Waals surface area contributed by atoms with Crippen LogP contribution in [0.15, 0.2) is 32.7 Å². The number of nitrogens with one attached hydrogen (secondary N) is 1. The van der Waals surface area contributed by atoms with Crippen molar-refractivity contribution in [1.82, 2.24) is 15.5 Å². The third-order valence-corrected chi connectivity index (χ3v) is 5.19. The predicted octanol–water partition coefficient (Wildman–Crippen LogP) is 3.35. The molecule has 3 nitrogen and oxygen atoms in total. The highest BCUT2D eigenvalue weighted by Gasteiger charge is 2.03. The van der Waals surface area contributed by atoms with Gasteiger partial charge in [-0.2, -0.15) is 10.2 Å². The summed E-state index contributed by atoms with van der Waals surface area (Å²) >= 11 is 8.66. The molecule has 0 saturated carbocycles. The highest BCUT2D eigenvalue weighted by atomic mass is 79.9. The zero-order valence-electron chi connectivity index (χ0n) is 8.28. The van der Waals surface area contributed by atoms with Crippen molar-refractivity contribution < 1.29 is 0 Å². The van der Waals surface area contributed by atoms with Gasteiger partial charge in [0.15, 0.2) is 0 Å². The number of hydrogen-bond acceptors (Lipinski definition) is 4. The van der Waals surface area contributed by atoms with Crippen molar-refractivity contribution in [1.29, 1.82) is 0 Å². The van der Waals surface area contributed by atoms with Crippen LogP contribution in [0, 0.1) is 0 Å². The summed E-state index contributed by atoms with van der Waals surface area (Å²) in [4.78, 5) is 1.28. The monoisotopic (exact) mass is 361 g/mol. The van der Waals surface area contributed by atoms with Gasteiger partial charge in [-0.15, -0.1) is 11.3 Å². The van der Waals surface area contributed by atoms with Crippen molar-refractivity contribution in [3.63, 3.8) is 0 Å². The van der Waals surface area contributed by atoms with Gasteiger partial charge in [0, 0.05) is 28.6 Å². The molecule has 6 heteroatoms. The van der Waals surface area contributed by atoms with Crippen molar-refractivity contribution in [2.45, 2.75) is 13.1 Å². The minimum Gasteiger partial charge on any atom is -0.306 e. The van der Waals surface area contributed by atoms with Gasteiger partial charge in [0.05, 0.1) is 9.48 Å². The smallest absolute Gasteiger partial charge is 0.0843 e. The Hall–Kier alpha value is -0.300. The Balaban J connectivity index is 1.84. The van der Waals surface area contributed by atoms with Gasteiger partial charge in [0.25, 0.3) is 0 Å². The molecular formula is C10H9Br2N3S. The number of aromatic nitrogens is 2. The first-order valence-electron chi connectivity index (χ1n) is 4.66. The van der Waals surface area contributed by atoms with E-state index in [1.807, 2.05) is 12.1 Å². The molecule has 0 atom stereocenters. The molecule has 0 aliphatic rings. The first kappa shape index (κ1) is 12.2. The summed E-state index contributed by atoms with van der Waals surface area (Å²) in [5, 5.41) is 11.2.